The number of rotatable bonds is 5. The highest BCUT2D eigenvalue weighted by Crippen LogP contribution is 2.22. The summed E-state index contributed by atoms with van der Waals surface area (Å²) in [5.41, 5.74) is 4.77. The standard InChI is InChI=1S/C18H14F2N6OS/c1-10-12(8-23-16(24-10)18-22-5-6-28-18)17(27)25-26-9-11(7-14(19)20)15-13(26)3-2-4-21-15/h2-6,8-9,14H,7H2,1H3,(H,25,27). The van der Waals surface area contributed by atoms with Crippen LogP contribution in [0.25, 0.3) is 21.9 Å². The number of aryl methyl sites for hydroxylation is 1. The number of fused-ring (bicyclic) bond motifs is 1. The van der Waals surface area contributed by atoms with Crippen molar-refractivity contribution in [3.8, 4) is 10.8 Å². The van der Waals surface area contributed by atoms with Crippen molar-refractivity contribution in [2.75, 3.05) is 5.43 Å². The van der Waals surface area contributed by atoms with Crippen molar-refractivity contribution in [1.82, 2.24) is 24.6 Å². The lowest BCUT2D eigenvalue weighted by molar-refractivity contribution is 0.101. The van der Waals surface area contributed by atoms with Gasteiger partial charge in [-0.3, -0.25) is 19.9 Å². The second-order valence-corrected chi connectivity index (χ2v) is 6.86. The van der Waals surface area contributed by atoms with Crippen molar-refractivity contribution in [2.24, 2.45) is 0 Å². The van der Waals surface area contributed by atoms with Gasteiger partial charge >= 0.3 is 0 Å². The number of nitrogens with zero attached hydrogens (tertiary/aromatic N) is 5. The Morgan fingerprint density at radius 2 is 2.14 bits per heavy atom. The summed E-state index contributed by atoms with van der Waals surface area (Å²) < 4.78 is 27.1. The van der Waals surface area contributed by atoms with Crippen LogP contribution in [0.1, 0.15) is 21.6 Å². The Balaban J connectivity index is 1.64. The summed E-state index contributed by atoms with van der Waals surface area (Å²) in [5, 5.41) is 2.48. The highest BCUT2D eigenvalue weighted by molar-refractivity contribution is 7.12. The number of carbonyl (C=O) groups excluding carboxylic acids is 1. The fourth-order valence-electron chi connectivity index (χ4n) is 2.83. The predicted molar refractivity (Wildman–Crippen MR) is 101 cm³/mol. The molecule has 1 N–H and O–H groups in total. The molecule has 7 nitrogen and oxygen atoms in total. The largest absolute Gasteiger partial charge is 0.273 e. The van der Waals surface area contributed by atoms with Crippen molar-refractivity contribution >= 4 is 28.3 Å². The molecule has 0 aliphatic carbocycles. The number of amides is 1. The molecule has 0 fully saturated rings. The Labute approximate surface area is 162 Å². The molecule has 0 aliphatic rings. The van der Waals surface area contributed by atoms with Gasteiger partial charge in [0.05, 0.1) is 22.3 Å². The van der Waals surface area contributed by atoms with E-state index in [4.69, 9.17) is 0 Å². The van der Waals surface area contributed by atoms with Crippen LogP contribution < -0.4 is 5.43 Å². The molecule has 10 heteroatoms. The smallest absolute Gasteiger partial charge is 0.267 e. The summed E-state index contributed by atoms with van der Waals surface area (Å²) in [6.07, 6.45) is 3.12. The molecule has 0 unspecified atom stereocenters. The molecule has 0 saturated heterocycles. The van der Waals surface area contributed by atoms with E-state index in [-0.39, 0.29) is 5.56 Å². The molecule has 0 saturated carbocycles. The first-order chi connectivity index (χ1) is 13.5. The van der Waals surface area contributed by atoms with Crippen LogP contribution in [-0.2, 0) is 6.42 Å². The van der Waals surface area contributed by atoms with Crippen LogP contribution in [0, 0.1) is 6.92 Å². The van der Waals surface area contributed by atoms with E-state index in [9.17, 15) is 13.6 Å². The number of halogens is 2. The van der Waals surface area contributed by atoms with Crippen molar-refractivity contribution in [3.05, 3.63) is 59.1 Å². The highest BCUT2D eigenvalue weighted by atomic mass is 32.1. The second kappa shape index (κ2) is 7.39. The van der Waals surface area contributed by atoms with Gasteiger partial charge < -0.3 is 0 Å². The van der Waals surface area contributed by atoms with E-state index in [2.05, 4.69) is 25.4 Å². The highest BCUT2D eigenvalue weighted by Gasteiger charge is 2.18. The molecular weight excluding hydrogens is 386 g/mol. The lowest BCUT2D eigenvalue weighted by Gasteiger charge is -2.09. The zero-order chi connectivity index (χ0) is 19.7. The Morgan fingerprint density at radius 3 is 2.86 bits per heavy atom. The summed E-state index contributed by atoms with van der Waals surface area (Å²) in [4.78, 5) is 29.6. The van der Waals surface area contributed by atoms with E-state index in [1.54, 1.807) is 25.3 Å². The molecular formula is C18H14F2N6OS. The van der Waals surface area contributed by atoms with Gasteiger partial charge in [-0.1, -0.05) is 0 Å². The summed E-state index contributed by atoms with van der Waals surface area (Å²) >= 11 is 1.40. The van der Waals surface area contributed by atoms with Crippen molar-refractivity contribution < 1.29 is 13.6 Å². The van der Waals surface area contributed by atoms with E-state index < -0.39 is 18.8 Å². The molecule has 4 heterocycles. The number of alkyl halides is 2. The van der Waals surface area contributed by atoms with Crippen LogP contribution in [0.2, 0.25) is 0 Å². The molecule has 0 aromatic carbocycles. The third-order valence-electron chi connectivity index (χ3n) is 4.08. The van der Waals surface area contributed by atoms with Crippen LogP contribution in [0.15, 0.2) is 42.3 Å². The average molecular weight is 400 g/mol. The molecule has 142 valence electrons. The van der Waals surface area contributed by atoms with Crippen molar-refractivity contribution in [1.29, 1.82) is 0 Å². The normalized spacial score (nSPS) is 11.3. The van der Waals surface area contributed by atoms with Crippen LogP contribution >= 0.6 is 11.3 Å². The van der Waals surface area contributed by atoms with Gasteiger partial charge in [-0.15, -0.1) is 11.3 Å². The number of pyridine rings is 1. The second-order valence-electron chi connectivity index (χ2n) is 5.96. The van der Waals surface area contributed by atoms with Gasteiger partial charge in [0.1, 0.15) is 0 Å². The zero-order valence-corrected chi connectivity index (χ0v) is 15.5. The Kier molecular flexibility index (Phi) is 4.78. The molecule has 1 amide bonds. The molecule has 0 spiro atoms. The monoisotopic (exact) mass is 400 g/mol. The third kappa shape index (κ3) is 3.46. The molecule has 4 aromatic heterocycles. The zero-order valence-electron chi connectivity index (χ0n) is 14.6. The molecule has 0 atom stereocenters. The fourth-order valence-corrected chi connectivity index (χ4v) is 3.41. The maximum Gasteiger partial charge on any atom is 0.273 e. The van der Waals surface area contributed by atoms with Gasteiger partial charge in [0, 0.05) is 42.2 Å². The first kappa shape index (κ1) is 18.1. The summed E-state index contributed by atoms with van der Waals surface area (Å²) in [7, 11) is 0. The van der Waals surface area contributed by atoms with Crippen LogP contribution in [0.5, 0.6) is 0 Å². The molecule has 0 bridgehead atoms. The van der Waals surface area contributed by atoms with Crippen LogP contribution in [0.3, 0.4) is 0 Å². The SMILES string of the molecule is Cc1nc(-c2nccs2)ncc1C(=O)Nn1cc(CC(F)F)c2ncccc21. The minimum Gasteiger partial charge on any atom is -0.267 e. The Bertz CT molecular complexity index is 1140. The number of hydrogen-bond acceptors (Lipinski definition) is 6. The average Bonchev–Trinajstić information content (AvgIpc) is 3.31. The first-order valence-corrected chi connectivity index (χ1v) is 9.19. The minimum absolute atomic E-state index is 0.279. The minimum atomic E-state index is -2.51. The van der Waals surface area contributed by atoms with E-state index in [1.807, 2.05) is 5.38 Å². The van der Waals surface area contributed by atoms with E-state index >= 15 is 0 Å². The first-order valence-electron chi connectivity index (χ1n) is 8.31. The molecule has 0 radical (unpaired) electrons. The van der Waals surface area contributed by atoms with Gasteiger partial charge in [0.2, 0.25) is 6.43 Å². The molecule has 28 heavy (non-hydrogen) atoms. The number of nitrogens with one attached hydrogen (secondary N) is 1. The molecule has 4 rings (SSSR count). The van der Waals surface area contributed by atoms with Gasteiger partial charge in [-0.2, -0.15) is 0 Å². The maximum atomic E-state index is 12.8. The van der Waals surface area contributed by atoms with E-state index in [0.29, 0.717) is 33.1 Å². The summed E-state index contributed by atoms with van der Waals surface area (Å²) in [5.74, 6) is -0.00794. The van der Waals surface area contributed by atoms with Gasteiger partial charge in [-0.25, -0.2) is 23.7 Å². The number of carbonyl (C=O) groups is 1. The number of hydrogen-bond donors (Lipinski definition) is 1. The lowest BCUT2D eigenvalue weighted by atomic mass is 10.2. The van der Waals surface area contributed by atoms with Gasteiger partial charge in [0.25, 0.3) is 5.91 Å². The number of thiazole rings is 1. The van der Waals surface area contributed by atoms with Gasteiger partial charge in [0.15, 0.2) is 10.8 Å². The topological polar surface area (TPSA) is 85.6 Å². The van der Waals surface area contributed by atoms with Crippen LogP contribution in [-0.4, -0.2) is 36.9 Å². The fraction of sp³-hybridized carbons (Fsp3) is 0.167. The van der Waals surface area contributed by atoms with E-state index in [1.165, 1.54) is 34.6 Å². The summed E-state index contributed by atoms with van der Waals surface area (Å²) in [6, 6.07) is 3.38. The van der Waals surface area contributed by atoms with Gasteiger partial charge in [-0.05, 0) is 19.1 Å². The lowest BCUT2D eigenvalue weighted by Crippen LogP contribution is -2.23. The van der Waals surface area contributed by atoms with E-state index in [0.717, 1.165) is 0 Å². The molecule has 4 aromatic rings. The maximum absolute atomic E-state index is 12.8. The quantitative estimate of drug-likeness (QED) is 0.555. The summed E-state index contributed by atoms with van der Waals surface area (Å²) in [6.45, 7) is 1.70. The number of aromatic nitrogens is 5. The van der Waals surface area contributed by atoms with Crippen molar-refractivity contribution in [2.45, 2.75) is 19.8 Å². The third-order valence-corrected chi connectivity index (χ3v) is 4.85. The van der Waals surface area contributed by atoms with Crippen LogP contribution in [0.4, 0.5) is 8.78 Å². The van der Waals surface area contributed by atoms with Crippen molar-refractivity contribution in [3.63, 3.8) is 0 Å². The Morgan fingerprint density at radius 1 is 1.29 bits per heavy atom. The molecule has 0 aliphatic heterocycles. The Hall–Kier alpha value is -3.27. The predicted octanol–water partition coefficient (Wildman–Crippen LogP) is 3.45.